The molecule has 17 heavy (non-hydrogen) atoms. The maximum Gasteiger partial charge on any atom is 0.387 e. The molecule has 1 aromatic carbocycles. The highest BCUT2D eigenvalue weighted by Crippen LogP contribution is 2.19. The number of nitrogens with one attached hydrogen (secondary N) is 1. The van der Waals surface area contributed by atoms with Gasteiger partial charge in [-0.2, -0.15) is 8.78 Å². The van der Waals surface area contributed by atoms with Gasteiger partial charge in [0.05, 0.1) is 6.04 Å². The summed E-state index contributed by atoms with van der Waals surface area (Å²) in [5.74, 6) is -0.302. The molecule has 0 bridgehead atoms. The Hall–Kier alpha value is -1.69. The van der Waals surface area contributed by atoms with Crippen LogP contribution < -0.4 is 15.8 Å². The summed E-state index contributed by atoms with van der Waals surface area (Å²) in [6.45, 7) is -1.25. The minimum absolute atomic E-state index is 0.0486. The molecule has 1 atom stereocenters. The van der Waals surface area contributed by atoms with Crippen LogP contribution in [-0.2, 0) is 11.3 Å². The zero-order chi connectivity index (χ0) is 12.8. The number of rotatable bonds is 5. The normalized spacial score (nSPS) is 12.3. The predicted molar refractivity (Wildman–Crippen MR) is 58.6 cm³/mol. The standard InChI is InChI=1S/C11H14F2N2O2/c1-7(14)10(16)15-6-8-4-2-3-5-9(8)17-11(12)13/h2-5,7,11H,6,14H2,1H3,(H,15,16). The molecule has 0 aliphatic rings. The van der Waals surface area contributed by atoms with Crippen LogP contribution >= 0.6 is 0 Å². The van der Waals surface area contributed by atoms with Crippen molar-refractivity contribution < 1.29 is 18.3 Å². The molecule has 6 heteroatoms. The smallest absolute Gasteiger partial charge is 0.387 e. The van der Waals surface area contributed by atoms with Crippen LogP contribution in [-0.4, -0.2) is 18.6 Å². The highest BCUT2D eigenvalue weighted by Gasteiger charge is 2.11. The number of para-hydroxylation sites is 1. The number of benzene rings is 1. The lowest BCUT2D eigenvalue weighted by atomic mass is 10.2. The van der Waals surface area contributed by atoms with Crippen molar-refractivity contribution in [1.82, 2.24) is 5.32 Å². The van der Waals surface area contributed by atoms with E-state index in [-0.39, 0.29) is 18.2 Å². The summed E-state index contributed by atoms with van der Waals surface area (Å²) in [5, 5.41) is 2.52. The van der Waals surface area contributed by atoms with Gasteiger partial charge in [-0.25, -0.2) is 0 Å². The summed E-state index contributed by atoms with van der Waals surface area (Å²) in [6, 6.07) is 5.62. The fourth-order valence-electron chi connectivity index (χ4n) is 1.20. The van der Waals surface area contributed by atoms with Crippen molar-refractivity contribution in [2.75, 3.05) is 0 Å². The first-order chi connectivity index (χ1) is 8.00. The van der Waals surface area contributed by atoms with E-state index >= 15 is 0 Å². The first kappa shape index (κ1) is 13.4. The van der Waals surface area contributed by atoms with Gasteiger partial charge in [0.2, 0.25) is 5.91 Å². The van der Waals surface area contributed by atoms with Crippen molar-refractivity contribution in [2.45, 2.75) is 26.1 Å². The number of hydrogen-bond acceptors (Lipinski definition) is 3. The Morgan fingerprint density at radius 3 is 2.71 bits per heavy atom. The van der Waals surface area contributed by atoms with Crippen molar-refractivity contribution in [3.8, 4) is 5.75 Å². The van der Waals surface area contributed by atoms with Crippen LogP contribution in [0.1, 0.15) is 12.5 Å². The number of nitrogens with two attached hydrogens (primary N) is 1. The number of ether oxygens (including phenoxy) is 1. The van der Waals surface area contributed by atoms with Crippen molar-refractivity contribution in [3.05, 3.63) is 29.8 Å². The molecule has 1 aromatic rings. The Balaban J connectivity index is 2.67. The molecule has 1 rings (SSSR count). The second-order valence-electron chi connectivity index (χ2n) is 3.49. The average molecular weight is 244 g/mol. The van der Waals surface area contributed by atoms with E-state index in [2.05, 4.69) is 10.1 Å². The van der Waals surface area contributed by atoms with E-state index in [4.69, 9.17) is 5.73 Å². The molecule has 0 aliphatic carbocycles. The van der Waals surface area contributed by atoms with Crippen LogP contribution in [0.5, 0.6) is 5.75 Å². The Labute approximate surface area is 97.8 Å². The Bertz CT molecular complexity index is 383. The third-order valence-electron chi connectivity index (χ3n) is 2.06. The van der Waals surface area contributed by atoms with E-state index in [1.807, 2.05) is 0 Å². The molecular formula is C11H14F2N2O2. The number of halogens is 2. The van der Waals surface area contributed by atoms with E-state index < -0.39 is 12.7 Å². The molecule has 94 valence electrons. The second kappa shape index (κ2) is 6.15. The molecule has 0 fully saturated rings. The van der Waals surface area contributed by atoms with Gasteiger partial charge in [0.25, 0.3) is 0 Å². The highest BCUT2D eigenvalue weighted by atomic mass is 19.3. The molecule has 1 amide bonds. The highest BCUT2D eigenvalue weighted by molar-refractivity contribution is 5.80. The fraction of sp³-hybridized carbons (Fsp3) is 0.364. The van der Waals surface area contributed by atoms with Gasteiger partial charge in [0.15, 0.2) is 0 Å². The SMILES string of the molecule is CC(N)C(=O)NCc1ccccc1OC(F)F. The van der Waals surface area contributed by atoms with Crippen molar-refractivity contribution in [1.29, 1.82) is 0 Å². The largest absolute Gasteiger partial charge is 0.434 e. The summed E-state index contributed by atoms with van der Waals surface area (Å²) >= 11 is 0. The lowest BCUT2D eigenvalue weighted by Crippen LogP contribution is -2.37. The molecule has 0 radical (unpaired) electrons. The van der Waals surface area contributed by atoms with Crippen LogP contribution in [0, 0.1) is 0 Å². The minimum Gasteiger partial charge on any atom is -0.434 e. The number of amides is 1. The van der Waals surface area contributed by atoms with Gasteiger partial charge in [-0.3, -0.25) is 4.79 Å². The van der Waals surface area contributed by atoms with E-state index in [9.17, 15) is 13.6 Å². The molecule has 0 aromatic heterocycles. The second-order valence-corrected chi connectivity index (χ2v) is 3.49. The first-order valence-corrected chi connectivity index (χ1v) is 5.06. The lowest BCUT2D eigenvalue weighted by molar-refractivity contribution is -0.122. The molecule has 0 saturated carbocycles. The van der Waals surface area contributed by atoms with E-state index in [1.165, 1.54) is 13.0 Å². The molecule has 0 aliphatic heterocycles. The van der Waals surface area contributed by atoms with Crippen molar-refractivity contribution in [3.63, 3.8) is 0 Å². The zero-order valence-electron chi connectivity index (χ0n) is 9.32. The Kier molecular flexibility index (Phi) is 4.84. The molecule has 4 nitrogen and oxygen atoms in total. The lowest BCUT2D eigenvalue weighted by Gasteiger charge is -2.12. The third-order valence-corrected chi connectivity index (χ3v) is 2.06. The maximum atomic E-state index is 12.1. The molecule has 3 N–H and O–H groups in total. The Morgan fingerprint density at radius 2 is 2.12 bits per heavy atom. The molecule has 0 heterocycles. The quantitative estimate of drug-likeness (QED) is 0.819. The van der Waals surface area contributed by atoms with Gasteiger partial charge in [0, 0.05) is 12.1 Å². The molecular weight excluding hydrogens is 230 g/mol. The number of hydrogen-bond donors (Lipinski definition) is 2. The number of alkyl halides is 2. The average Bonchev–Trinajstić information content (AvgIpc) is 2.26. The summed E-state index contributed by atoms with van der Waals surface area (Å²) in [6.07, 6.45) is 0. The number of carbonyl (C=O) groups excluding carboxylic acids is 1. The monoisotopic (exact) mass is 244 g/mol. The van der Waals surface area contributed by atoms with Gasteiger partial charge in [-0.05, 0) is 13.0 Å². The van der Waals surface area contributed by atoms with Crippen LogP contribution in [0.4, 0.5) is 8.78 Å². The van der Waals surface area contributed by atoms with E-state index in [0.717, 1.165) is 0 Å². The van der Waals surface area contributed by atoms with Crippen LogP contribution in [0.3, 0.4) is 0 Å². The van der Waals surface area contributed by atoms with Crippen LogP contribution in [0.15, 0.2) is 24.3 Å². The van der Waals surface area contributed by atoms with Crippen molar-refractivity contribution >= 4 is 5.91 Å². The summed E-state index contributed by atoms with van der Waals surface area (Å²) in [5.41, 5.74) is 5.83. The third kappa shape index (κ3) is 4.36. The van der Waals surface area contributed by atoms with E-state index in [1.54, 1.807) is 18.2 Å². The van der Waals surface area contributed by atoms with Gasteiger partial charge in [0.1, 0.15) is 5.75 Å². The van der Waals surface area contributed by atoms with Gasteiger partial charge in [-0.1, -0.05) is 18.2 Å². The summed E-state index contributed by atoms with van der Waals surface area (Å²) in [4.78, 5) is 11.2. The predicted octanol–water partition coefficient (Wildman–Crippen LogP) is 1.25. The van der Waals surface area contributed by atoms with E-state index in [0.29, 0.717) is 5.56 Å². The van der Waals surface area contributed by atoms with Crippen molar-refractivity contribution in [2.24, 2.45) is 5.73 Å². The minimum atomic E-state index is -2.89. The summed E-state index contributed by atoms with van der Waals surface area (Å²) < 4.78 is 28.5. The zero-order valence-corrected chi connectivity index (χ0v) is 9.32. The van der Waals surface area contributed by atoms with Gasteiger partial charge in [-0.15, -0.1) is 0 Å². The molecule has 0 spiro atoms. The molecule has 0 saturated heterocycles. The van der Waals surface area contributed by atoms with Crippen LogP contribution in [0.25, 0.3) is 0 Å². The first-order valence-electron chi connectivity index (χ1n) is 5.06. The van der Waals surface area contributed by atoms with Crippen LogP contribution in [0.2, 0.25) is 0 Å². The molecule has 1 unspecified atom stereocenters. The topological polar surface area (TPSA) is 64.4 Å². The Morgan fingerprint density at radius 1 is 1.47 bits per heavy atom. The fourth-order valence-corrected chi connectivity index (χ4v) is 1.20. The summed E-state index contributed by atoms with van der Waals surface area (Å²) in [7, 11) is 0. The number of carbonyl (C=O) groups is 1. The van der Waals surface area contributed by atoms with Gasteiger partial charge >= 0.3 is 6.61 Å². The maximum absolute atomic E-state index is 12.1. The van der Waals surface area contributed by atoms with Gasteiger partial charge < -0.3 is 15.8 Å².